The zero-order chi connectivity index (χ0) is 14.6. The molecule has 0 saturated heterocycles. The van der Waals surface area contributed by atoms with Gasteiger partial charge in [-0.1, -0.05) is 6.07 Å². The molecule has 2 rings (SSSR count). The molecule has 20 heavy (non-hydrogen) atoms. The molecule has 2 aromatic rings. The number of hydrogen-bond donors (Lipinski definition) is 2. The Morgan fingerprint density at radius 1 is 1.30 bits per heavy atom. The van der Waals surface area contributed by atoms with Crippen molar-refractivity contribution in [3.8, 4) is 0 Å². The molecule has 0 aliphatic carbocycles. The highest BCUT2D eigenvalue weighted by Crippen LogP contribution is 2.16. The van der Waals surface area contributed by atoms with Crippen LogP contribution in [0.15, 0.2) is 47.6 Å². The number of hydrogen-bond acceptors (Lipinski definition) is 4. The molecule has 0 spiro atoms. The first-order chi connectivity index (χ1) is 9.49. The fourth-order valence-corrected chi connectivity index (χ4v) is 2.89. The fourth-order valence-electron chi connectivity index (χ4n) is 1.77. The van der Waals surface area contributed by atoms with Crippen molar-refractivity contribution >= 4 is 15.7 Å². The van der Waals surface area contributed by atoms with Crippen molar-refractivity contribution in [3.05, 3.63) is 53.9 Å². The van der Waals surface area contributed by atoms with Crippen molar-refractivity contribution in [3.63, 3.8) is 0 Å². The number of pyridine rings is 1. The number of rotatable bonds is 5. The van der Waals surface area contributed by atoms with E-state index in [-0.39, 0.29) is 4.90 Å². The van der Waals surface area contributed by atoms with E-state index in [4.69, 9.17) is 5.73 Å². The van der Waals surface area contributed by atoms with E-state index in [1.807, 2.05) is 12.1 Å². The predicted molar refractivity (Wildman–Crippen MR) is 78.7 cm³/mol. The molecule has 5 nitrogen and oxygen atoms in total. The summed E-state index contributed by atoms with van der Waals surface area (Å²) in [6, 6.07) is 8.42. The standard InChI is InChI=1S/C14H17N3O2S/c1-11-9-13(4-5-14(11)15)20(18,19)17-8-6-12-3-2-7-16-10-12/h2-5,7,9-10,17H,6,8,15H2,1H3. The molecule has 1 aromatic heterocycles. The van der Waals surface area contributed by atoms with Crippen LogP contribution in [0.25, 0.3) is 0 Å². The van der Waals surface area contributed by atoms with Crippen LogP contribution in [-0.4, -0.2) is 19.9 Å². The van der Waals surface area contributed by atoms with Gasteiger partial charge in [0.25, 0.3) is 0 Å². The average molecular weight is 291 g/mol. The number of nitrogens with one attached hydrogen (secondary N) is 1. The maximum absolute atomic E-state index is 12.1. The minimum absolute atomic E-state index is 0.232. The van der Waals surface area contributed by atoms with Crippen LogP contribution in [0.1, 0.15) is 11.1 Å². The van der Waals surface area contributed by atoms with Gasteiger partial charge in [0.15, 0.2) is 0 Å². The molecule has 1 heterocycles. The molecular formula is C14H17N3O2S. The zero-order valence-electron chi connectivity index (χ0n) is 11.2. The number of aryl methyl sites for hydroxylation is 1. The fraction of sp³-hybridized carbons (Fsp3) is 0.214. The Morgan fingerprint density at radius 2 is 2.10 bits per heavy atom. The van der Waals surface area contributed by atoms with Crippen LogP contribution in [-0.2, 0) is 16.4 Å². The first-order valence-corrected chi connectivity index (χ1v) is 7.72. The Bertz CT molecular complexity index is 685. The van der Waals surface area contributed by atoms with Gasteiger partial charge >= 0.3 is 0 Å². The van der Waals surface area contributed by atoms with Crippen LogP contribution >= 0.6 is 0 Å². The van der Waals surface area contributed by atoms with Crippen molar-refractivity contribution in [1.82, 2.24) is 9.71 Å². The number of nitrogens with two attached hydrogens (primary N) is 1. The lowest BCUT2D eigenvalue weighted by molar-refractivity contribution is 0.581. The summed E-state index contributed by atoms with van der Waals surface area (Å²) in [6.45, 7) is 2.11. The molecular weight excluding hydrogens is 274 g/mol. The predicted octanol–water partition coefficient (Wildman–Crippen LogP) is 1.49. The Labute approximate surface area is 118 Å². The summed E-state index contributed by atoms with van der Waals surface area (Å²) in [5, 5.41) is 0. The van der Waals surface area contributed by atoms with Crippen LogP contribution in [0, 0.1) is 6.92 Å². The largest absolute Gasteiger partial charge is 0.399 e. The molecule has 0 fully saturated rings. The summed E-state index contributed by atoms with van der Waals surface area (Å²) in [5.74, 6) is 0. The first kappa shape index (κ1) is 14.5. The number of nitrogen functional groups attached to an aromatic ring is 1. The van der Waals surface area contributed by atoms with Crippen LogP contribution in [0.2, 0.25) is 0 Å². The van der Waals surface area contributed by atoms with Gasteiger partial charge in [-0.25, -0.2) is 13.1 Å². The summed E-state index contributed by atoms with van der Waals surface area (Å²) in [7, 11) is -3.50. The van der Waals surface area contributed by atoms with E-state index in [2.05, 4.69) is 9.71 Å². The normalized spacial score (nSPS) is 11.4. The quantitative estimate of drug-likeness (QED) is 0.817. The third kappa shape index (κ3) is 3.55. The number of nitrogens with zero attached hydrogens (tertiary/aromatic N) is 1. The number of anilines is 1. The van der Waals surface area contributed by atoms with Crippen molar-refractivity contribution in [2.75, 3.05) is 12.3 Å². The SMILES string of the molecule is Cc1cc(S(=O)(=O)NCCc2cccnc2)ccc1N. The van der Waals surface area contributed by atoms with E-state index in [0.717, 1.165) is 11.1 Å². The van der Waals surface area contributed by atoms with E-state index < -0.39 is 10.0 Å². The van der Waals surface area contributed by atoms with Crippen LogP contribution in [0.4, 0.5) is 5.69 Å². The molecule has 0 saturated carbocycles. The number of sulfonamides is 1. The maximum atomic E-state index is 12.1. The van der Waals surface area contributed by atoms with Gasteiger partial charge < -0.3 is 5.73 Å². The lowest BCUT2D eigenvalue weighted by atomic mass is 10.2. The van der Waals surface area contributed by atoms with Crippen molar-refractivity contribution in [1.29, 1.82) is 0 Å². The third-order valence-corrected chi connectivity index (χ3v) is 4.44. The highest BCUT2D eigenvalue weighted by Gasteiger charge is 2.13. The number of aromatic nitrogens is 1. The molecule has 106 valence electrons. The van der Waals surface area contributed by atoms with Gasteiger partial charge in [0, 0.05) is 24.6 Å². The van der Waals surface area contributed by atoms with Gasteiger partial charge in [0.2, 0.25) is 10.0 Å². The molecule has 0 radical (unpaired) electrons. The van der Waals surface area contributed by atoms with E-state index in [1.54, 1.807) is 31.5 Å². The monoisotopic (exact) mass is 291 g/mol. The molecule has 0 aliphatic heterocycles. The summed E-state index contributed by atoms with van der Waals surface area (Å²) in [4.78, 5) is 4.22. The Hall–Kier alpha value is -1.92. The lowest BCUT2D eigenvalue weighted by Crippen LogP contribution is -2.26. The average Bonchev–Trinajstić information content (AvgIpc) is 2.43. The minimum atomic E-state index is -3.50. The smallest absolute Gasteiger partial charge is 0.240 e. The third-order valence-electron chi connectivity index (χ3n) is 2.98. The molecule has 0 aliphatic rings. The Kier molecular flexibility index (Phi) is 4.36. The molecule has 3 N–H and O–H groups in total. The van der Waals surface area contributed by atoms with Crippen LogP contribution < -0.4 is 10.5 Å². The molecule has 0 amide bonds. The Morgan fingerprint density at radius 3 is 2.75 bits per heavy atom. The van der Waals surface area contributed by atoms with E-state index in [9.17, 15) is 8.42 Å². The summed E-state index contributed by atoms with van der Waals surface area (Å²) in [6.07, 6.45) is 4.01. The Balaban J connectivity index is 2.02. The van der Waals surface area contributed by atoms with Gasteiger partial charge in [0.05, 0.1) is 4.90 Å². The van der Waals surface area contributed by atoms with Gasteiger partial charge in [-0.15, -0.1) is 0 Å². The van der Waals surface area contributed by atoms with Crippen LogP contribution in [0.5, 0.6) is 0 Å². The number of benzene rings is 1. The second-order valence-corrected chi connectivity index (χ2v) is 6.29. The van der Waals surface area contributed by atoms with Crippen molar-refractivity contribution in [2.45, 2.75) is 18.2 Å². The van der Waals surface area contributed by atoms with E-state index in [1.165, 1.54) is 6.07 Å². The maximum Gasteiger partial charge on any atom is 0.240 e. The second kappa shape index (κ2) is 6.02. The molecule has 0 atom stereocenters. The molecule has 0 unspecified atom stereocenters. The van der Waals surface area contributed by atoms with Crippen molar-refractivity contribution < 1.29 is 8.42 Å². The second-order valence-electron chi connectivity index (χ2n) is 4.53. The molecule has 1 aromatic carbocycles. The van der Waals surface area contributed by atoms with E-state index >= 15 is 0 Å². The summed E-state index contributed by atoms with van der Waals surface area (Å²) >= 11 is 0. The summed E-state index contributed by atoms with van der Waals surface area (Å²) < 4.78 is 26.8. The van der Waals surface area contributed by atoms with Crippen LogP contribution in [0.3, 0.4) is 0 Å². The zero-order valence-corrected chi connectivity index (χ0v) is 12.0. The van der Waals surface area contributed by atoms with Gasteiger partial charge in [-0.2, -0.15) is 0 Å². The van der Waals surface area contributed by atoms with Gasteiger partial charge in [-0.05, 0) is 48.7 Å². The first-order valence-electron chi connectivity index (χ1n) is 6.24. The van der Waals surface area contributed by atoms with E-state index in [0.29, 0.717) is 18.7 Å². The topological polar surface area (TPSA) is 85.1 Å². The highest BCUT2D eigenvalue weighted by molar-refractivity contribution is 7.89. The lowest BCUT2D eigenvalue weighted by Gasteiger charge is -2.08. The molecule has 0 bridgehead atoms. The minimum Gasteiger partial charge on any atom is -0.399 e. The molecule has 6 heteroatoms. The van der Waals surface area contributed by atoms with Crippen molar-refractivity contribution in [2.24, 2.45) is 0 Å². The van der Waals surface area contributed by atoms with Gasteiger partial charge in [0.1, 0.15) is 0 Å². The van der Waals surface area contributed by atoms with Gasteiger partial charge in [-0.3, -0.25) is 4.98 Å². The highest BCUT2D eigenvalue weighted by atomic mass is 32.2. The summed E-state index contributed by atoms with van der Waals surface area (Å²) in [5.41, 5.74) is 8.01.